The first kappa shape index (κ1) is 13.2. The van der Waals surface area contributed by atoms with Gasteiger partial charge >= 0.3 is 0 Å². The Kier molecular flexibility index (Phi) is 3.78. The predicted octanol–water partition coefficient (Wildman–Crippen LogP) is 2.39. The molecule has 1 saturated heterocycles. The standard InChI is InChI=1S/C15H21N5/c1-11(2)20-10-13(9-19-20)15-14(17-6-7-18-15)12-4-3-5-16-8-12/h6-7,9-12,16H,3-5,8H2,1-2H3. The van der Waals surface area contributed by atoms with Crippen LogP contribution in [0.3, 0.4) is 0 Å². The Morgan fingerprint density at radius 2 is 2.15 bits per heavy atom. The van der Waals surface area contributed by atoms with Crippen LogP contribution < -0.4 is 5.32 Å². The van der Waals surface area contributed by atoms with Crippen LogP contribution in [0.25, 0.3) is 11.3 Å². The molecule has 106 valence electrons. The summed E-state index contributed by atoms with van der Waals surface area (Å²) in [4.78, 5) is 9.15. The van der Waals surface area contributed by atoms with Crippen LogP contribution in [-0.4, -0.2) is 32.8 Å². The highest BCUT2D eigenvalue weighted by Crippen LogP contribution is 2.29. The summed E-state index contributed by atoms with van der Waals surface area (Å²) in [5.74, 6) is 0.454. The summed E-state index contributed by atoms with van der Waals surface area (Å²) in [7, 11) is 0. The minimum absolute atomic E-state index is 0.361. The molecule has 0 spiro atoms. The lowest BCUT2D eigenvalue weighted by Gasteiger charge is -2.23. The van der Waals surface area contributed by atoms with E-state index in [1.54, 1.807) is 12.4 Å². The van der Waals surface area contributed by atoms with Gasteiger partial charge in [-0.25, -0.2) is 0 Å². The summed E-state index contributed by atoms with van der Waals surface area (Å²) < 4.78 is 1.97. The fraction of sp³-hybridized carbons (Fsp3) is 0.533. The molecule has 1 aliphatic heterocycles. The summed E-state index contributed by atoms with van der Waals surface area (Å²) in [6, 6.07) is 0.361. The quantitative estimate of drug-likeness (QED) is 0.931. The van der Waals surface area contributed by atoms with E-state index >= 15 is 0 Å². The lowest BCUT2D eigenvalue weighted by molar-refractivity contribution is 0.454. The van der Waals surface area contributed by atoms with Crippen LogP contribution in [-0.2, 0) is 0 Å². The highest BCUT2D eigenvalue weighted by molar-refractivity contribution is 5.60. The van der Waals surface area contributed by atoms with Crippen molar-refractivity contribution in [1.29, 1.82) is 0 Å². The summed E-state index contributed by atoms with van der Waals surface area (Å²) in [6.07, 6.45) is 9.89. The Bertz CT molecular complexity index is 569. The van der Waals surface area contributed by atoms with E-state index in [2.05, 4.69) is 40.4 Å². The van der Waals surface area contributed by atoms with Crippen molar-refractivity contribution < 1.29 is 0 Å². The van der Waals surface area contributed by atoms with E-state index in [1.807, 2.05) is 10.9 Å². The first-order valence-corrected chi connectivity index (χ1v) is 7.32. The SMILES string of the molecule is CC(C)n1cc(-c2nccnc2C2CCCNC2)cn1. The monoisotopic (exact) mass is 271 g/mol. The molecule has 2 aromatic heterocycles. The molecule has 1 N–H and O–H groups in total. The number of nitrogens with zero attached hydrogens (tertiary/aromatic N) is 4. The normalized spacial score (nSPS) is 19.4. The van der Waals surface area contributed by atoms with Crippen LogP contribution in [0, 0.1) is 0 Å². The van der Waals surface area contributed by atoms with Gasteiger partial charge < -0.3 is 5.32 Å². The minimum atomic E-state index is 0.361. The predicted molar refractivity (Wildman–Crippen MR) is 78.5 cm³/mol. The lowest BCUT2D eigenvalue weighted by Crippen LogP contribution is -2.29. The van der Waals surface area contributed by atoms with Gasteiger partial charge in [-0.15, -0.1) is 0 Å². The molecule has 1 unspecified atom stereocenters. The number of hydrogen-bond donors (Lipinski definition) is 1. The molecule has 1 atom stereocenters. The molecule has 1 fully saturated rings. The molecule has 3 rings (SSSR count). The second kappa shape index (κ2) is 5.71. The fourth-order valence-corrected chi connectivity index (χ4v) is 2.70. The van der Waals surface area contributed by atoms with Gasteiger partial charge in [0.1, 0.15) is 0 Å². The summed E-state index contributed by atoms with van der Waals surface area (Å²) in [5, 5.41) is 7.86. The van der Waals surface area contributed by atoms with Gasteiger partial charge in [-0.3, -0.25) is 14.6 Å². The van der Waals surface area contributed by atoms with Crippen LogP contribution in [0.5, 0.6) is 0 Å². The van der Waals surface area contributed by atoms with Crippen molar-refractivity contribution in [2.45, 2.75) is 38.6 Å². The average Bonchev–Trinajstić information content (AvgIpc) is 2.98. The third-order valence-corrected chi connectivity index (χ3v) is 3.81. The maximum absolute atomic E-state index is 4.59. The van der Waals surface area contributed by atoms with Crippen molar-refractivity contribution in [1.82, 2.24) is 25.1 Å². The van der Waals surface area contributed by atoms with E-state index in [-0.39, 0.29) is 0 Å². The first-order valence-electron chi connectivity index (χ1n) is 7.32. The van der Waals surface area contributed by atoms with Gasteiger partial charge in [0, 0.05) is 42.7 Å². The zero-order chi connectivity index (χ0) is 13.9. The van der Waals surface area contributed by atoms with Crippen LogP contribution in [0.4, 0.5) is 0 Å². The molecule has 5 heteroatoms. The Morgan fingerprint density at radius 3 is 2.85 bits per heavy atom. The van der Waals surface area contributed by atoms with E-state index in [1.165, 1.54) is 12.8 Å². The Labute approximate surface area is 119 Å². The summed E-state index contributed by atoms with van der Waals surface area (Å²) in [5.41, 5.74) is 3.14. The van der Waals surface area contributed by atoms with Crippen molar-refractivity contribution >= 4 is 0 Å². The topological polar surface area (TPSA) is 55.6 Å². The smallest absolute Gasteiger partial charge is 0.0952 e. The molecular weight excluding hydrogens is 250 g/mol. The van der Waals surface area contributed by atoms with Crippen molar-refractivity contribution in [3.05, 3.63) is 30.5 Å². The fourth-order valence-electron chi connectivity index (χ4n) is 2.70. The van der Waals surface area contributed by atoms with E-state index < -0.39 is 0 Å². The summed E-state index contributed by atoms with van der Waals surface area (Å²) >= 11 is 0. The largest absolute Gasteiger partial charge is 0.316 e. The zero-order valence-corrected chi connectivity index (χ0v) is 12.1. The molecule has 3 heterocycles. The minimum Gasteiger partial charge on any atom is -0.316 e. The van der Waals surface area contributed by atoms with Gasteiger partial charge in [-0.05, 0) is 33.2 Å². The van der Waals surface area contributed by atoms with Gasteiger partial charge in [-0.2, -0.15) is 5.10 Å². The zero-order valence-electron chi connectivity index (χ0n) is 12.1. The van der Waals surface area contributed by atoms with Crippen molar-refractivity contribution in [2.75, 3.05) is 13.1 Å². The van der Waals surface area contributed by atoms with Gasteiger partial charge in [0.25, 0.3) is 0 Å². The Hall–Kier alpha value is -1.75. The average molecular weight is 271 g/mol. The van der Waals surface area contributed by atoms with E-state index in [0.29, 0.717) is 12.0 Å². The van der Waals surface area contributed by atoms with Crippen molar-refractivity contribution in [3.8, 4) is 11.3 Å². The molecule has 5 nitrogen and oxygen atoms in total. The number of piperidine rings is 1. The summed E-state index contributed by atoms with van der Waals surface area (Å²) in [6.45, 7) is 6.35. The molecule has 2 aromatic rings. The molecule has 0 amide bonds. The van der Waals surface area contributed by atoms with E-state index in [0.717, 1.165) is 30.0 Å². The highest BCUT2D eigenvalue weighted by Gasteiger charge is 2.21. The molecule has 0 aliphatic carbocycles. The van der Waals surface area contributed by atoms with Crippen molar-refractivity contribution in [3.63, 3.8) is 0 Å². The third-order valence-electron chi connectivity index (χ3n) is 3.81. The lowest BCUT2D eigenvalue weighted by atomic mass is 9.93. The van der Waals surface area contributed by atoms with E-state index in [9.17, 15) is 0 Å². The van der Waals surface area contributed by atoms with Gasteiger partial charge in [0.15, 0.2) is 0 Å². The molecule has 0 aromatic carbocycles. The van der Waals surface area contributed by atoms with Crippen molar-refractivity contribution in [2.24, 2.45) is 0 Å². The van der Waals surface area contributed by atoms with Gasteiger partial charge in [-0.1, -0.05) is 0 Å². The van der Waals surface area contributed by atoms with E-state index in [4.69, 9.17) is 0 Å². The van der Waals surface area contributed by atoms with Gasteiger partial charge in [0.05, 0.1) is 17.6 Å². The van der Waals surface area contributed by atoms with Crippen LogP contribution >= 0.6 is 0 Å². The second-order valence-electron chi connectivity index (χ2n) is 5.64. The molecule has 0 saturated carbocycles. The molecule has 0 bridgehead atoms. The maximum Gasteiger partial charge on any atom is 0.0952 e. The number of nitrogens with one attached hydrogen (secondary N) is 1. The molecule has 0 radical (unpaired) electrons. The molecule has 1 aliphatic rings. The van der Waals surface area contributed by atoms with Crippen LogP contribution in [0.15, 0.2) is 24.8 Å². The van der Waals surface area contributed by atoms with Gasteiger partial charge in [0.2, 0.25) is 0 Å². The highest BCUT2D eigenvalue weighted by atomic mass is 15.3. The molecule has 20 heavy (non-hydrogen) atoms. The Balaban J connectivity index is 1.95. The number of aromatic nitrogens is 4. The number of hydrogen-bond acceptors (Lipinski definition) is 4. The third kappa shape index (κ3) is 2.58. The number of rotatable bonds is 3. The maximum atomic E-state index is 4.59. The Morgan fingerprint density at radius 1 is 1.30 bits per heavy atom. The first-order chi connectivity index (χ1) is 9.75. The second-order valence-corrected chi connectivity index (χ2v) is 5.64. The van der Waals surface area contributed by atoms with Crippen LogP contribution in [0.2, 0.25) is 0 Å². The molecular formula is C15H21N5. The van der Waals surface area contributed by atoms with Crippen LogP contribution in [0.1, 0.15) is 44.3 Å².